The second-order valence-electron chi connectivity index (χ2n) is 4.45. The third-order valence-electron chi connectivity index (χ3n) is 2.70. The van der Waals surface area contributed by atoms with Gasteiger partial charge in [-0.05, 0) is 40.3 Å². The highest BCUT2D eigenvalue weighted by atomic mass is 127. The van der Waals surface area contributed by atoms with Crippen LogP contribution in [0.4, 0.5) is 22.0 Å². The zero-order valence-corrected chi connectivity index (χ0v) is 14.7. The van der Waals surface area contributed by atoms with Gasteiger partial charge in [-0.25, -0.2) is 13.2 Å². The van der Waals surface area contributed by atoms with E-state index in [0.717, 1.165) is 12.1 Å². The number of hydrogen-bond donors (Lipinski definition) is 1. The summed E-state index contributed by atoms with van der Waals surface area (Å²) in [5.74, 6) is -2.99. The number of benzene rings is 1. The van der Waals surface area contributed by atoms with Gasteiger partial charge < -0.3 is 14.4 Å². The Balaban J connectivity index is 3.39. The molecular formula is C12H7F5IO6S-. The van der Waals surface area contributed by atoms with Gasteiger partial charge in [0.25, 0.3) is 6.10 Å². The van der Waals surface area contributed by atoms with Crippen molar-refractivity contribution in [1.82, 2.24) is 0 Å². The minimum Gasteiger partial charge on any atom is -0.743 e. The summed E-state index contributed by atoms with van der Waals surface area (Å²) in [6, 6.07) is 2.04. The lowest BCUT2D eigenvalue weighted by molar-refractivity contribution is -0.248. The number of carbonyl (C=O) groups excluding carboxylic acids is 1. The predicted molar refractivity (Wildman–Crippen MR) is 80.8 cm³/mol. The van der Waals surface area contributed by atoms with Crippen LogP contribution in [-0.2, 0) is 14.9 Å². The van der Waals surface area contributed by atoms with Crippen LogP contribution in [0.1, 0.15) is 15.9 Å². The molecule has 6 nitrogen and oxygen atoms in total. The number of rotatable bonds is 5. The van der Waals surface area contributed by atoms with Crippen molar-refractivity contribution in [1.29, 1.82) is 0 Å². The van der Waals surface area contributed by atoms with E-state index < -0.39 is 44.9 Å². The summed E-state index contributed by atoms with van der Waals surface area (Å²) in [7, 11) is -6.80. The minimum absolute atomic E-state index is 0.0475. The molecule has 140 valence electrons. The molecular weight excluding hydrogens is 494 g/mol. The van der Waals surface area contributed by atoms with Crippen LogP contribution in [0.25, 0.3) is 6.08 Å². The molecule has 1 atom stereocenters. The standard InChI is InChI=1S/C12H8F5IO6S/c1-2-5-3-6(8(19)7(18)4-5)9(20)24-10(11(13,14)15)12(16,17)25(21,22)23/h2-4,10,19H,1H2,(H,21,22,23)/p-1. The van der Waals surface area contributed by atoms with Crippen molar-refractivity contribution in [3.8, 4) is 5.75 Å². The van der Waals surface area contributed by atoms with Crippen molar-refractivity contribution in [2.75, 3.05) is 0 Å². The molecule has 1 N–H and O–H groups in total. The lowest BCUT2D eigenvalue weighted by Crippen LogP contribution is -2.52. The first-order valence-electron chi connectivity index (χ1n) is 5.88. The molecule has 1 aromatic carbocycles. The summed E-state index contributed by atoms with van der Waals surface area (Å²) in [5, 5.41) is 3.70. The molecule has 0 saturated carbocycles. The highest BCUT2D eigenvalue weighted by molar-refractivity contribution is 14.1. The molecule has 1 aromatic rings. The fourth-order valence-electron chi connectivity index (χ4n) is 1.52. The zero-order chi connectivity index (χ0) is 19.8. The van der Waals surface area contributed by atoms with Gasteiger partial charge in [-0.3, -0.25) is 0 Å². The predicted octanol–water partition coefficient (Wildman–Crippen LogP) is 2.87. The van der Waals surface area contributed by atoms with Crippen LogP contribution in [0.15, 0.2) is 18.7 Å². The van der Waals surface area contributed by atoms with Crippen LogP contribution in [-0.4, -0.2) is 41.6 Å². The fraction of sp³-hybridized carbons (Fsp3) is 0.250. The number of phenols is 1. The van der Waals surface area contributed by atoms with Crippen LogP contribution in [0, 0.1) is 3.57 Å². The summed E-state index contributed by atoms with van der Waals surface area (Å²) in [6.45, 7) is 3.32. The molecule has 0 aromatic heterocycles. The van der Waals surface area contributed by atoms with Crippen LogP contribution in [0.2, 0.25) is 0 Å². The van der Waals surface area contributed by atoms with E-state index in [4.69, 9.17) is 0 Å². The quantitative estimate of drug-likeness (QED) is 0.288. The van der Waals surface area contributed by atoms with Crippen molar-refractivity contribution < 1.29 is 49.6 Å². The maximum absolute atomic E-state index is 13.3. The topological polar surface area (TPSA) is 104 Å². The molecule has 0 radical (unpaired) electrons. The van der Waals surface area contributed by atoms with Gasteiger partial charge in [-0.15, -0.1) is 0 Å². The molecule has 0 aliphatic heterocycles. The van der Waals surface area contributed by atoms with Crippen LogP contribution >= 0.6 is 22.6 Å². The van der Waals surface area contributed by atoms with Gasteiger partial charge in [0, 0.05) is 0 Å². The number of carbonyl (C=O) groups is 1. The minimum atomic E-state index is -6.80. The zero-order valence-electron chi connectivity index (χ0n) is 11.7. The van der Waals surface area contributed by atoms with Gasteiger partial charge in [-0.2, -0.15) is 22.0 Å². The van der Waals surface area contributed by atoms with E-state index in [1.165, 1.54) is 28.7 Å². The Hall–Kier alpha value is -1.48. The van der Waals surface area contributed by atoms with Gasteiger partial charge >= 0.3 is 17.4 Å². The molecule has 0 saturated heterocycles. The molecule has 13 heteroatoms. The number of halogens is 6. The maximum atomic E-state index is 13.3. The number of hydrogen-bond acceptors (Lipinski definition) is 6. The number of esters is 1. The summed E-state index contributed by atoms with van der Waals surface area (Å²) < 4.78 is 99.5. The van der Waals surface area contributed by atoms with Gasteiger partial charge in [0.1, 0.15) is 11.3 Å². The second kappa shape index (κ2) is 7.03. The molecule has 0 heterocycles. The van der Waals surface area contributed by atoms with Crippen molar-refractivity contribution in [3.63, 3.8) is 0 Å². The van der Waals surface area contributed by atoms with Crippen LogP contribution in [0.5, 0.6) is 5.75 Å². The van der Waals surface area contributed by atoms with Crippen molar-refractivity contribution in [2.45, 2.75) is 17.5 Å². The van der Waals surface area contributed by atoms with Gasteiger partial charge in [0.2, 0.25) is 0 Å². The van der Waals surface area contributed by atoms with Crippen LogP contribution in [0.3, 0.4) is 0 Å². The molecule has 25 heavy (non-hydrogen) atoms. The van der Waals surface area contributed by atoms with Gasteiger partial charge in [-0.1, -0.05) is 12.7 Å². The average molecular weight is 501 g/mol. The van der Waals surface area contributed by atoms with E-state index in [1.54, 1.807) is 0 Å². The Morgan fingerprint density at radius 1 is 1.32 bits per heavy atom. The number of phenolic OH excluding ortho intramolecular Hbond substituents is 1. The smallest absolute Gasteiger partial charge is 0.432 e. The molecule has 0 spiro atoms. The molecule has 1 unspecified atom stereocenters. The largest absolute Gasteiger partial charge is 0.743 e. The molecule has 0 bridgehead atoms. The Morgan fingerprint density at radius 3 is 2.24 bits per heavy atom. The third-order valence-corrected chi connectivity index (χ3v) is 4.41. The second-order valence-corrected chi connectivity index (χ2v) is 7.06. The lowest BCUT2D eigenvalue weighted by Gasteiger charge is -2.29. The first-order chi connectivity index (χ1) is 11.1. The van der Waals surface area contributed by atoms with Crippen molar-refractivity contribution in [3.05, 3.63) is 33.4 Å². The maximum Gasteiger partial charge on any atom is 0.432 e. The third kappa shape index (κ3) is 4.58. The average Bonchev–Trinajstić information content (AvgIpc) is 2.44. The number of ether oxygens (including phenoxy) is 1. The lowest BCUT2D eigenvalue weighted by atomic mass is 10.1. The van der Waals surface area contributed by atoms with E-state index in [-0.39, 0.29) is 9.13 Å². The monoisotopic (exact) mass is 501 g/mol. The van der Waals surface area contributed by atoms with Gasteiger partial charge in [0.05, 0.1) is 3.57 Å². The van der Waals surface area contributed by atoms with E-state index >= 15 is 0 Å². The van der Waals surface area contributed by atoms with Crippen molar-refractivity contribution in [2.24, 2.45) is 0 Å². The fourth-order valence-corrected chi connectivity index (χ4v) is 2.62. The normalized spacial score (nSPS) is 14.0. The Bertz CT molecular complexity index is 805. The SMILES string of the molecule is C=Cc1cc(I)c(O)c(C(=O)OC(C(F)(F)F)C(F)(F)S(=O)(=O)[O-])c1. The van der Waals surface area contributed by atoms with E-state index in [0.29, 0.717) is 0 Å². The molecule has 0 aliphatic rings. The summed E-state index contributed by atoms with van der Waals surface area (Å²) in [4.78, 5) is 11.8. The van der Waals surface area contributed by atoms with Crippen molar-refractivity contribution >= 4 is 44.8 Å². The molecule has 0 fully saturated rings. The Labute approximate surface area is 151 Å². The highest BCUT2D eigenvalue weighted by Gasteiger charge is 2.63. The Kier molecular flexibility index (Phi) is 6.06. The number of aromatic hydroxyl groups is 1. The molecule has 0 amide bonds. The van der Waals surface area contributed by atoms with E-state index in [9.17, 15) is 44.8 Å². The van der Waals surface area contributed by atoms with Crippen LogP contribution < -0.4 is 0 Å². The van der Waals surface area contributed by atoms with E-state index in [2.05, 4.69) is 11.3 Å². The first-order valence-corrected chi connectivity index (χ1v) is 8.37. The van der Waals surface area contributed by atoms with E-state index in [1.807, 2.05) is 0 Å². The summed E-state index contributed by atoms with van der Waals surface area (Å²) in [5.41, 5.74) is -0.823. The first kappa shape index (κ1) is 21.6. The highest BCUT2D eigenvalue weighted by Crippen LogP contribution is 2.39. The summed E-state index contributed by atoms with van der Waals surface area (Å²) in [6.07, 6.45) is -9.49. The number of alkyl halides is 5. The molecule has 1 rings (SSSR count). The van der Waals surface area contributed by atoms with Gasteiger partial charge in [0.15, 0.2) is 10.1 Å². The molecule has 0 aliphatic carbocycles. The Morgan fingerprint density at radius 2 is 1.84 bits per heavy atom. The summed E-state index contributed by atoms with van der Waals surface area (Å²) >= 11 is 1.49.